The van der Waals surface area contributed by atoms with E-state index in [-0.39, 0.29) is 11.0 Å². The molecule has 5 heteroatoms. The molecule has 0 atom stereocenters. The molecule has 1 heterocycles. The fourth-order valence-corrected chi connectivity index (χ4v) is 3.33. The van der Waals surface area contributed by atoms with Crippen molar-refractivity contribution in [3.63, 3.8) is 0 Å². The van der Waals surface area contributed by atoms with Crippen molar-refractivity contribution in [2.45, 2.75) is 64.9 Å². The summed E-state index contributed by atoms with van der Waals surface area (Å²) in [5.74, 6) is -0.257. The molecule has 0 unspecified atom stereocenters. The summed E-state index contributed by atoms with van der Waals surface area (Å²) in [6.07, 6.45) is 4.20. The van der Waals surface area contributed by atoms with Crippen molar-refractivity contribution in [2.75, 3.05) is 19.7 Å². The molecule has 0 radical (unpaired) electrons. The number of carbonyl (C=O) groups is 1. The van der Waals surface area contributed by atoms with E-state index < -0.39 is 17.4 Å². The van der Waals surface area contributed by atoms with Gasteiger partial charge in [-0.1, -0.05) is 6.92 Å². The molecule has 26 heavy (non-hydrogen) atoms. The fraction of sp³-hybridized carbons (Fsp3) is 0.667. The molecule has 0 aromatic heterocycles. The van der Waals surface area contributed by atoms with Crippen LogP contribution >= 0.6 is 0 Å². The summed E-state index contributed by atoms with van der Waals surface area (Å²) in [5.41, 5.74) is 0.390. The number of esters is 1. The molecule has 0 amide bonds. The van der Waals surface area contributed by atoms with Gasteiger partial charge in [0.1, 0.15) is 17.2 Å². The largest absolute Gasteiger partial charge is 0.493 e. The molecular formula is C21H30FNO3. The van der Waals surface area contributed by atoms with Gasteiger partial charge in [-0.3, -0.25) is 0 Å². The topological polar surface area (TPSA) is 47.6 Å². The van der Waals surface area contributed by atoms with Crippen molar-refractivity contribution >= 4 is 5.97 Å². The second kappa shape index (κ2) is 7.18. The highest BCUT2D eigenvalue weighted by Crippen LogP contribution is 2.45. The first-order valence-corrected chi connectivity index (χ1v) is 9.57. The number of hydrogen-bond donors (Lipinski definition) is 1. The monoisotopic (exact) mass is 363 g/mol. The summed E-state index contributed by atoms with van der Waals surface area (Å²) in [6.45, 7) is 10.1. The van der Waals surface area contributed by atoms with E-state index in [1.54, 1.807) is 26.8 Å². The third-order valence-corrected chi connectivity index (χ3v) is 5.12. The lowest BCUT2D eigenvalue weighted by molar-refractivity contribution is 0.00644. The Morgan fingerprint density at radius 2 is 1.92 bits per heavy atom. The molecule has 1 aliphatic heterocycles. The second-order valence-electron chi connectivity index (χ2n) is 9.00. The van der Waals surface area contributed by atoms with Crippen LogP contribution in [0.4, 0.5) is 4.39 Å². The van der Waals surface area contributed by atoms with Gasteiger partial charge in [-0.05, 0) is 77.1 Å². The number of hydrogen-bond acceptors (Lipinski definition) is 4. The highest BCUT2D eigenvalue weighted by atomic mass is 19.1. The third-order valence-electron chi connectivity index (χ3n) is 5.12. The van der Waals surface area contributed by atoms with Crippen LogP contribution in [0.5, 0.6) is 5.75 Å². The van der Waals surface area contributed by atoms with Crippen LogP contribution in [0, 0.1) is 11.2 Å². The van der Waals surface area contributed by atoms with Gasteiger partial charge in [0.25, 0.3) is 0 Å². The molecular weight excluding hydrogens is 333 g/mol. The Balaban J connectivity index is 1.80. The predicted octanol–water partition coefficient (Wildman–Crippen LogP) is 4.43. The van der Waals surface area contributed by atoms with Crippen molar-refractivity contribution in [2.24, 2.45) is 5.41 Å². The normalized spacial score (nSPS) is 19.9. The molecule has 4 nitrogen and oxygen atoms in total. The maximum Gasteiger partial charge on any atom is 0.341 e. The lowest BCUT2D eigenvalue weighted by Gasteiger charge is -2.34. The summed E-state index contributed by atoms with van der Waals surface area (Å²) >= 11 is 0. The Morgan fingerprint density at radius 3 is 2.50 bits per heavy atom. The Morgan fingerprint density at radius 1 is 1.27 bits per heavy atom. The van der Waals surface area contributed by atoms with Crippen molar-refractivity contribution in [3.05, 3.63) is 29.1 Å². The molecule has 1 N–H and O–H groups in total. The van der Waals surface area contributed by atoms with Gasteiger partial charge in [0.15, 0.2) is 0 Å². The first-order chi connectivity index (χ1) is 12.2. The number of carbonyl (C=O) groups excluding carboxylic acids is 1. The Kier molecular flexibility index (Phi) is 5.29. The highest BCUT2D eigenvalue weighted by Gasteiger charge is 2.32. The average molecular weight is 363 g/mol. The van der Waals surface area contributed by atoms with E-state index in [4.69, 9.17) is 9.47 Å². The second-order valence-corrected chi connectivity index (χ2v) is 9.00. The van der Waals surface area contributed by atoms with Gasteiger partial charge in [-0.15, -0.1) is 0 Å². The number of ether oxygens (including phenoxy) is 2. The van der Waals surface area contributed by atoms with Crippen molar-refractivity contribution < 1.29 is 18.7 Å². The van der Waals surface area contributed by atoms with Crippen LogP contribution < -0.4 is 10.1 Å². The molecule has 1 saturated heterocycles. The minimum atomic E-state index is -0.651. The molecule has 0 bridgehead atoms. The molecule has 2 fully saturated rings. The zero-order valence-corrected chi connectivity index (χ0v) is 16.3. The molecule has 3 rings (SSSR count). The minimum absolute atomic E-state index is 0.00209. The van der Waals surface area contributed by atoms with Crippen LogP contribution in [0.25, 0.3) is 0 Å². The maximum atomic E-state index is 14.6. The van der Waals surface area contributed by atoms with Gasteiger partial charge in [0, 0.05) is 11.5 Å². The smallest absolute Gasteiger partial charge is 0.341 e. The number of nitrogens with one attached hydrogen (secondary N) is 1. The van der Waals surface area contributed by atoms with Crippen molar-refractivity contribution in [1.82, 2.24) is 5.32 Å². The average Bonchev–Trinajstić information content (AvgIpc) is 3.37. The number of halogens is 1. The summed E-state index contributed by atoms with van der Waals surface area (Å²) in [7, 11) is 0. The quantitative estimate of drug-likeness (QED) is 0.787. The lowest BCUT2D eigenvalue weighted by Crippen LogP contribution is -2.38. The van der Waals surface area contributed by atoms with Crippen molar-refractivity contribution in [1.29, 1.82) is 0 Å². The number of piperidine rings is 1. The van der Waals surface area contributed by atoms with Crippen LogP contribution in [0.2, 0.25) is 0 Å². The first kappa shape index (κ1) is 19.2. The molecule has 1 saturated carbocycles. The van der Waals surface area contributed by atoms with Gasteiger partial charge in [0.2, 0.25) is 0 Å². The maximum absolute atomic E-state index is 14.6. The zero-order chi connectivity index (χ0) is 18.9. The zero-order valence-electron chi connectivity index (χ0n) is 16.3. The van der Waals surface area contributed by atoms with Crippen LogP contribution in [-0.2, 0) is 4.74 Å². The minimum Gasteiger partial charge on any atom is -0.493 e. The van der Waals surface area contributed by atoms with Crippen molar-refractivity contribution in [3.8, 4) is 5.75 Å². The highest BCUT2D eigenvalue weighted by molar-refractivity contribution is 5.90. The number of benzene rings is 1. The van der Waals surface area contributed by atoms with Gasteiger partial charge in [-0.2, -0.15) is 0 Å². The molecule has 0 spiro atoms. The van der Waals surface area contributed by atoms with E-state index in [1.807, 2.05) is 0 Å². The van der Waals surface area contributed by atoms with E-state index >= 15 is 0 Å². The summed E-state index contributed by atoms with van der Waals surface area (Å²) in [6, 6.07) is 3.01. The number of rotatable bonds is 5. The van der Waals surface area contributed by atoms with E-state index in [2.05, 4.69) is 12.2 Å². The van der Waals surface area contributed by atoms with E-state index in [1.165, 1.54) is 6.07 Å². The first-order valence-electron chi connectivity index (χ1n) is 9.57. The third kappa shape index (κ3) is 4.76. The van der Waals surface area contributed by atoms with E-state index in [0.29, 0.717) is 18.3 Å². The summed E-state index contributed by atoms with van der Waals surface area (Å²) in [4.78, 5) is 12.3. The van der Waals surface area contributed by atoms with E-state index in [9.17, 15) is 9.18 Å². The van der Waals surface area contributed by atoms with Crippen LogP contribution in [-0.4, -0.2) is 31.3 Å². The van der Waals surface area contributed by atoms with Crippen LogP contribution in [0.1, 0.15) is 75.2 Å². The Bertz CT molecular complexity index is 671. The molecule has 1 aromatic rings. The van der Waals surface area contributed by atoms with E-state index in [0.717, 1.165) is 44.3 Å². The van der Waals surface area contributed by atoms with Gasteiger partial charge < -0.3 is 14.8 Å². The van der Waals surface area contributed by atoms with Gasteiger partial charge >= 0.3 is 5.97 Å². The Labute approximate surface area is 155 Å². The standard InChI is InChI=1S/C21H30FNO3/c1-20(2,3)26-19(24)16-11-15(14-5-6-14)18(12-17(16)22)25-13-21(4)7-9-23-10-8-21/h11-12,14,23H,5-10,13H2,1-4H3. The molecule has 144 valence electrons. The SMILES string of the molecule is CC1(COc2cc(F)c(C(=O)OC(C)(C)C)cc2C2CC2)CCNCC1. The Hall–Kier alpha value is -1.62. The molecule has 1 aliphatic carbocycles. The van der Waals surface area contributed by atoms with Gasteiger partial charge in [0.05, 0.1) is 12.2 Å². The van der Waals surface area contributed by atoms with Gasteiger partial charge in [-0.25, -0.2) is 9.18 Å². The van der Waals surface area contributed by atoms with Crippen LogP contribution in [0.15, 0.2) is 12.1 Å². The fourth-order valence-electron chi connectivity index (χ4n) is 3.33. The summed E-state index contributed by atoms with van der Waals surface area (Å²) in [5, 5.41) is 3.36. The van der Waals surface area contributed by atoms with Crippen LogP contribution in [0.3, 0.4) is 0 Å². The summed E-state index contributed by atoms with van der Waals surface area (Å²) < 4.78 is 26.0. The predicted molar refractivity (Wildman–Crippen MR) is 99.2 cm³/mol. The molecule has 1 aromatic carbocycles. The molecule has 2 aliphatic rings. The lowest BCUT2D eigenvalue weighted by atomic mass is 9.82.